The van der Waals surface area contributed by atoms with Gasteiger partial charge in [-0.15, -0.1) is 0 Å². The van der Waals surface area contributed by atoms with Crippen LogP contribution in [0.5, 0.6) is 11.5 Å². The van der Waals surface area contributed by atoms with Crippen molar-refractivity contribution < 1.29 is 9.13 Å². The first-order valence-corrected chi connectivity index (χ1v) is 8.05. The van der Waals surface area contributed by atoms with Crippen LogP contribution < -0.4 is 10.1 Å². The second kappa shape index (κ2) is 7.41. The summed E-state index contributed by atoms with van der Waals surface area (Å²) in [4.78, 5) is 0. The molecule has 1 aliphatic rings. The minimum atomic E-state index is -0.253. The Morgan fingerprint density at radius 2 is 1.45 bits per heavy atom. The third-order valence-corrected chi connectivity index (χ3v) is 4.17. The van der Waals surface area contributed by atoms with Crippen molar-refractivity contribution in [2.75, 3.05) is 0 Å². The van der Waals surface area contributed by atoms with Crippen LogP contribution in [0.15, 0.2) is 48.5 Å². The Kier molecular flexibility index (Phi) is 5.07. The SMILES string of the molecule is Fc1ccc(Oc2ccc(CNC3CCCCC3)cc2)cc1. The highest BCUT2D eigenvalue weighted by Gasteiger charge is 2.12. The molecule has 0 amide bonds. The van der Waals surface area contributed by atoms with E-state index in [1.165, 1.54) is 49.8 Å². The number of hydrogen-bond donors (Lipinski definition) is 1. The molecule has 0 bridgehead atoms. The number of rotatable bonds is 5. The Morgan fingerprint density at radius 1 is 0.864 bits per heavy atom. The molecule has 0 saturated heterocycles. The topological polar surface area (TPSA) is 21.3 Å². The maximum atomic E-state index is 12.9. The standard InChI is InChI=1S/C19H22FNO/c20-16-8-12-19(13-9-16)22-18-10-6-15(7-11-18)14-21-17-4-2-1-3-5-17/h6-13,17,21H,1-5,14H2. The average molecular weight is 299 g/mol. The molecule has 0 aliphatic heterocycles. The normalized spacial score (nSPS) is 15.7. The van der Waals surface area contributed by atoms with Gasteiger partial charge in [-0.25, -0.2) is 4.39 Å². The fourth-order valence-electron chi connectivity index (χ4n) is 2.88. The first kappa shape index (κ1) is 15.0. The molecule has 2 nitrogen and oxygen atoms in total. The molecule has 3 heteroatoms. The highest BCUT2D eigenvalue weighted by atomic mass is 19.1. The lowest BCUT2D eigenvalue weighted by molar-refractivity contribution is 0.372. The highest BCUT2D eigenvalue weighted by Crippen LogP contribution is 2.22. The molecule has 2 aromatic rings. The zero-order valence-corrected chi connectivity index (χ0v) is 12.7. The molecule has 0 aromatic heterocycles. The van der Waals surface area contributed by atoms with Crippen LogP contribution in [0.3, 0.4) is 0 Å². The van der Waals surface area contributed by atoms with Gasteiger partial charge >= 0.3 is 0 Å². The molecule has 0 unspecified atom stereocenters. The van der Waals surface area contributed by atoms with Crippen LogP contribution in [0.25, 0.3) is 0 Å². The Bertz CT molecular complexity index is 573. The van der Waals surface area contributed by atoms with Gasteiger partial charge in [-0.2, -0.15) is 0 Å². The molecule has 1 fully saturated rings. The van der Waals surface area contributed by atoms with Gasteiger partial charge < -0.3 is 10.1 Å². The summed E-state index contributed by atoms with van der Waals surface area (Å²) in [5, 5.41) is 3.63. The highest BCUT2D eigenvalue weighted by molar-refractivity contribution is 5.33. The van der Waals surface area contributed by atoms with E-state index in [-0.39, 0.29) is 5.82 Å². The molecular formula is C19H22FNO. The summed E-state index contributed by atoms with van der Waals surface area (Å²) in [6, 6.07) is 14.8. The molecule has 3 rings (SSSR count). The molecule has 116 valence electrons. The average Bonchev–Trinajstić information content (AvgIpc) is 2.57. The first-order valence-electron chi connectivity index (χ1n) is 8.05. The molecule has 1 N–H and O–H groups in total. The molecule has 0 radical (unpaired) electrons. The van der Waals surface area contributed by atoms with Crippen molar-refractivity contribution in [2.45, 2.75) is 44.7 Å². The third-order valence-electron chi connectivity index (χ3n) is 4.17. The molecule has 2 aromatic carbocycles. The van der Waals surface area contributed by atoms with Crippen molar-refractivity contribution in [1.82, 2.24) is 5.32 Å². The van der Waals surface area contributed by atoms with Gasteiger partial charge in [0.15, 0.2) is 0 Å². The lowest BCUT2D eigenvalue weighted by atomic mass is 9.95. The summed E-state index contributed by atoms with van der Waals surface area (Å²) in [6.45, 7) is 0.904. The van der Waals surface area contributed by atoms with Gasteiger partial charge in [0.05, 0.1) is 0 Å². The molecule has 1 aliphatic carbocycles. The van der Waals surface area contributed by atoms with Crippen molar-refractivity contribution >= 4 is 0 Å². The molecular weight excluding hydrogens is 277 g/mol. The summed E-state index contributed by atoms with van der Waals surface area (Å²) in [7, 11) is 0. The summed E-state index contributed by atoms with van der Waals surface area (Å²) in [6.07, 6.45) is 6.68. The monoisotopic (exact) mass is 299 g/mol. The van der Waals surface area contributed by atoms with Crippen molar-refractivity contribution in [3.05, 3.63) is 59.9 Å². The smallest absolute Gasteiger partial charge is 0.127 e. The van der Waals surface area contributed by atoms with Crippen LogP contribution in [0.2, 0.25) is 0 Å². The third kappa shape index (κ3) is 4.31. The second-order valence-electron chi connectivity index (χ2n) is 5.92. The molecule has 0 heterocycles. The van der Waals surface area contributed by atoms with E-state index >= 15 is 0 Å². The predicted molar refractivity (Wildman–Crippen MR) is 86.6 cm³/mol. The largest absolute Gasteiger partial charge is 0.457 e. The van der Waals surface area contributed by atoms with Crippen molar-refractivity contribution in [1.29, 1.82) is 0 Å². The van der Waals surface area contributed by atoms with E-state index in [0.717, 1.165) is 12.3 Å². The van der Waals surface area contributed by atoms with Crippen LogP contribution in [0.4, 0.5) is 4.39 Å². The van der Waals surface area contributed by atoms with Gasteiger partial charge in [0.1, 0.15) is 17.3 Å². The van der Waals surface area contributed by atoms with Gasteiger partial charge in [-0.05, 0) is 54.8 Å². The van der Waals surface area contributed by atoms with E-state index < -0.39 is 0 Å². The van der Waals surface area contributed by atoms with E-state index in [9.17, 15) is 4.39 Å². The van der Waals surface area contributed by atoms with Crippen molar-refractivity contribution in [2.24, 2.45) is 0 Å². The fourth-order valence-corrected chi connectivity index (χ4v) is 2.88. The van der Waals surface area contributed by atoms with Gasteiger partial charge in [0, 0.05) is 12.6 Å². The zero-order chi connectivity index (χ0) is 15.2. The van der Waals surface area contributed by atoms with E-state index in [0.29, 0.717) is 11.8 Å². The van der Waals surface area contributed by atoms with Crippen LogP contribution in [0, 0.1) is 5.82 Å². The van der Waals surface area contributed by atoms with E-state index in [4.69, 9.17) is 4.74 Å². The van der Waals surface area contributed by atoms with Crippen molar-refractivity contribution in [3.8, 4) is 11.5 Å². The van der Waals surface area contributed by atoms with E-state index in [2.05, 4.69) is 17.4 Å². The Labute approximate surface area is 131 Å². The predicted octanol–water partition coefficient (Wildman–Crippen LogP) is 5.04. The molecule has 22 heavy (non-hydrogen) atoms. The lowest BCUT2D eigenvalue weighted by Gasteiger charge is -2.22. The number of hydrogen-bond acceptors (Lipinski definition) is 2. The molecule has 0 atom stereocenters. The maximum Gasteiger partial charge on any atom is 0.127 e. The van der Waals surface area contributed by atoms with E-state index in [1.54, 1.807) is 12.1 Å². The number of halogens is 1. The lowest BCUT2D eigenvalue weighted by Crippen LogP contribution is -2.30. The van der Waals surface area contributed by atoms with Crippen molar-refractivity contribution in [3.63, 3.8) is 0 Å². The second-order valence-corrected chi connectivity index (χ2v) is 5.92. The number of ether oxygens (including phenoxy) is 1. The summed E-state index contributed by atoms with van der Waals surface area (Å²) >= 11 is 0. The van der Waals surface area contributed by atoms with Crippen LogP contribution in [0.1, 0.15) is 37.7 Å². The van der Waals surface area contributed by atoms with Gasteiger partial charge in [0.25, 0.3) is 0 Å². The molecule has 0 spiro atoms. The Morgan fingerprint density at radius 3 is 2.09 bits per heavy atom. The summed E-state index contributed by atoms with van der Waals surface area (Å²) in [5.41, 5.74) is 1.26. The zero-order valence-electron chi connectivity index (χ0n) is 12.7. The van der Waals surface area contributed by atoms with Gasteiger partial charge in [0.2, 0.25) is 0 Å². The number of nitrogens with one attached hydrogen (secondary N) is 1. The summed E-state index contributed by atoms with van der Waals surface area (Å²) < 4.78 is 18.5. The first-order chi connectivity index (χ1) is 10.8. The Balaban J connectivity index is 1.52. The quantitative estimate of drug-likeness (QED) is 0.835. The minimum absolute atomic E-state index is 0.253. The fraction of sp³-hybridized carbons (Fsp3) is 0.368. The molecule has 1 saturated carbocycles. The number of benzene rings is 2. The van der Waals surface area contributed by atoms with Crippen LogP contribution in [-0.4, -0.2) is 6.04 Å². The van der Waals surface area contributed by atoms with Crippen LogP contribution >= 0.6 is 0 Å². The van der Waals surface area contributed by atoms with Crippen LogP contribution in [-0.2, 0) is 6.54 Å². The van der Waals surface area contributed by atoms with E-state index in [1.807, 2.05) is 12.1 Å². The Hall–Kier alpha value is -1.87. The minimum Gasteiger partial charge on any atom is -0.457 e. The van der Waals surface area contributed by atoms with Gasteiger partial charge in [-0.3, -0.25) is 0 Å². The summed E-state index contributed by atoms with van der Waals surface area (Å²) in [5.74, 6) is 1.17. The van der Waals surface area contributed by atoms with Gasteiger partial charge in [-0.1, -0.05) is 31.4 Å². The maximum absolute atomic E-state index is 12.9.